The molecule has 0 aliphatic carbocycles. The fraction of sp³-hybridized carbons (Fsp3) is 0.538. The Morgan fingerprint density at radius 3 is 2.65 bits per heavy atom. The van der Waals surface area contributed by atoms with Gasteiger partial charge < -0.3 is 15.4 Å². The molecule has 0 amide bonds. The molecule has 1 atom stereocenters. The lowest BCUT2D eigenvalue weighted by Crippen LogP contribution is -2.37. The maximum absolute atomic E-state index is 4.98. The first kappa shape index (κ1) is 14.9. The van der Waals surface area contributed by atoms with Gasteiger partial charge in [-0.15, -0.1) is 0 Å². The first-order valence-corrected chi connectivity index (χ1v) is 6.97. The van der Waals surface area contributed by atoms with Gasteiger partial charge in [-0.25, -0.2) is 0 Å². The number of ether oxygens (including phenoxy) is 1. The molecule has 0 bridgehead atoms. The molecule has 1 aromatic carbocycles. The van der Waals surface area contributed by atoms with Crippen LogP contribution in [0.3, 0.4) is 0 Å². The standard InChI is InChI=1S/C13H21IN2O/c1-11(9-15-7-8-17-2)16-10-12-3-5-13(14)6-4-12/h3-6,11,15-16H,7-10H2,1-2H3. The molecule has 0 fully saturated rings. The van der Waals surface area contributed by atoms with Crippen molar-refractivity contribution in [2.24, 2.45) is 0 Å². The Morgan fingerprint density at radius 1 is 1.29 bits per heavy atom. The van der Waals surface area contributed by atoms with Gasteiger partial charge in [0.2, 0.25) is 0 Å². The summed E-state index contributed by atoms with van der Waals surface area (Å²) in [5, 5.41) is 6.83. The summed E-state index contributed by atoms with van der Waals surface area (Å²) < 4.78 is 6.26. The molecule has 0 saturated carbocycles. The van der Waals surface area contributed by atoms with Crippen LogP contribution < -0.4 is 10.6 Å². The molecule has 17 heavy (non-hydrogen) atoms. The van der Waals surface area contributed by atoms with Crippen molar-refractivity contribution in [1.82, 2.24) is 10.6 Å². The molecule has 0 radical (unpaired) electrons. The van der Waals surface area contributed by atoms with Crippen LogP contribution in [0.4, 0.5) is 0 Å². The molecule has 2 N–H and O–H groups in total. The number of halogens is 1. The van der Waals surface area contributed by atoms with Gasteiger partial charge in [-0.3, -0.25) is 0 Å². The fourth-order valence-corrected chi connectivity index (χ4v) is 1.82. The van der Waals surface area contributed by atoms with E-state index in [2.05, 4.69) is 64.4 Å². The molecule has 0 aliphatic rings. The van der Waals surface area contributed by atoms with Crippen LogP contribution in [0, 0.1) is 3.57 Å². The minimum atomic E-state index is 0.464. The second-order valence-electron chi connectivity index (χ2n) is 4.11. The summed E-state index contributed by atoms with van der Waals surface area (Å²) in [6, 6.07) is 9.07. The Balaban J connectivity index is 2.14. The molecule has 4 heteroatoms. The molecular formula is C13H21IN2O. The van der Waals surface area contributed by atoms with Crippen LogP contribution in [-0.4, -0.2) is 32.8 Å². The maximum Gasteiger partial charge on any atom is 0.0587 e. The number of rotatable bonds is 8. The molecule has 1 rings (SSSR count). The second-order valence-corrected chi connectivity index (χ2v) is 5.35. The van der Waals surface area contributed by atoms with Gasteiger partial charge in [0, 0.05) is 36.4 Å². The molecule has 96 valence electrons. The lowest BCUT2D eigenvalue weighted by molar-refractivity contribution is 0.198. The molecule has 0 aromatic heterocycles. The number of hydrogen-bond acceptors (Lipinski definition) is 3. The minimum absolute atomic E-state index is 0.464. The number of nitrogens with one attached hydrogen (secondary N) is 2. The third kappa shape index (κ3) is 6.98. The van der Waals surface area contributed by atoms with E-state index < -0.39 is 0 Å². The van der Waals surface area contributed by atoms with E-state index in [1.165, 1.54) is 9.13 Å². The van der Waals surface area contributed by atoms with E-state index in [9.17, 15) is 0 Å². The summed E-state index contributed by atoms with van der Waals surface area (Å²) in [5.41, 5.74) is 1.33. The molecular weight excluding hydrogens is 327 g/mol. The van der Waals surface area contributed by atoms with Crippen LogP contribution in [0.25, 0.3) is 0 Å². The van der Waals surface area contributed by atoms with Gasteiger partial charge in [0.1, 0.15) is 0 Å². The van der Waals surface area contributed by atoms with E-state index in [-0.39, 0.29) is 0 Å². The highest BCUT2D eigenvalue weighted by atomic mass is 127. The maximum atomic E-state index is 4.98. The van der Waals surface area contributed by atoms with Crippen LogP contribution in [-0.2, 0) is 11.3 Å². The van der Waals surface area contributed by atoms with E-state index in [4.69, 9.17) is 4.74 Å². The predicted octanol–water partition coefficient (Wildman–Crippen LogP) is 2.01. The second kappa shape index (κ2) is 8.85. The summed E-state index contributed by atoms with van der Waals surface area (Å²) in [6.45, 7) is 5.75. The predicted molar refractivity (Wildman–Crippen MR) is 80.2 cm³/mol. The Hall–Kier alpha value is -0.170. The summed E-state index contributed by atoms with van der Waals surface area (Å²) in [5.74, 6) is 0. The van der Waals surface area contributed by atoms with Crippen molar-refractivity contribution < 1.29 is 4.74 Å². The zero-order chi connectivity index (χ0) is 12.5. The largest absolute Gasteiger partial charge is 0.383 e. The van der Waals surface area contributed by atoms with Gasteiger partial charge in [-0.1, -0.05) is 12.1 Å². The topological polar surface area (TPSA) is 33.3 Å². The highest BCUT2D eigenvalue weighted by Crippen LogP contribution is 2.06. The van der Waals surface area contributed by atoms with Crippen molar-refractivity contribution in [3.05, 3.63) is 33.4 Å². The first-order chi connectivity index (χ1) is 8.22. The van der Waals surface area contributed by atoms with Gasteiger partial charge in [0.25, 0.3) is 0 Å². The van der Waals surface area contributed by atoms with Gasteiger partial charge in [0.05, 0.1) is 6.61 Å². The van der Waals surface area contributed by atoms with E-state index in [1.807, 2.05) is 0 Å². The SMILES string of the molecule is COCCNCC(C)NCc1ccc(I)cc1. The lowest BCUT2D eigenvalue weighted by atomic mass is 10.2. The summed E-state index contributed by atoms with van der Waals surface area (Å²) in [7, 11) is 1.72. The first-order valence-electron chi connectivity index (χ1n) is 5.90. The smallest absolute Gasteiger partial charge is 0.0587 e. The van der Waals surface area contributed by atoms with Crippen molar-refractivity contribution in [3.8, 4) is 0 Å². The van der Waals surface area contributed by atoms with Crippen LogP contribution in [0.2, 0.25) is 0 Å². The van der Waals surface area contributed by atoms with Crippen LogP contribution in [0.1, 0.15) is 12.5 Å². The molecule has 0 saturated heterocycles. The fourth-order valence-electron chi connectivity index (χ4n) is 1.46. The molecule has 1 aromatic rings. The Bertz CT molecular complexity index is 303. The van der Waals surface area contributed by atoms with Crippen LogP contribution in [0.15, 0.2) is 24.3 Å². The van der Waals surface area contributed by atoms with E-state index in [0.29, 0.717) is 6.04 Å². The third-order valence-electron chi connectivity index (χ3n) is 2.50. The quantitative estimate of drug-likeness (QED) is 0.557. The summed E-state index contributed by atoms with van der Waals surface area (Å²) in [6.07, 6.45) is 0. The summed E-state index contributed by atoms with van der Waals surface area (Å²) >= 11 is 2.32. The Labute approximate surface area is 117 Å². The Morgan fingerprint density at radius 2 is 2.00 bits per heavy atom. The van der Waals surface area contributed by atoms with E-state index in [0.717, 1.165) is 26.2 Å². The zero-order valence-electron chi connectivity index (χ0n) is 10.5. The highest BCUT2D eigenvalue weighted by molar-refractivity contribution is 14.1. The third-order valence-corrected chi connectivity index (χ3v) is 3.22. The van der Waals surface area contributed by atoms with E-state index >= 15 is 0 Å². The normalized spacial score (nSPS) is 12.6. The molecule has 0 spiro atoms. The van der Waals surface area contributed by atoms with Crippen molar-refractivity contribution in [2.45, 2.75) is 19.5 Å². The number of methoxy groups -OCH3 is 1. The van der Waals surface area contributed by atoms with Crippen LogP contribution >= 0.6 is 22.6 Å². The van der Waals surface area contributed by atoms with Gasteiger partial charge in [-0.2, -0.15) is 0 Å². The molecule has 0 aliphatic heterocycles. The van der Waals surface area contributed by atoms with Gasteiger partial charge in [-0.05, 0) is 47.2 Å². The van der Waals surface area contributed by atoms with Crippen LogP contribution in [0.5, 0.6) is 0 Å². The zero-order valence-corrected chi connectivity index (χ0v) is 12.7. The lowest BCUT2D eigenvalue weighted by Gasteiger charge is -2.14. The highest BCUT2D eigenvalue weighted by Gasteiger charge is 2.00. The van der Waals surface area contributed by atoms with Gasteiger partial charge >= 0.3 is 0 Å². The van der Waals surface area contributed by atoms with Crippen molar-refractivity contribution in [1.29, 1.82) is 0 Å². The van der Waals surface area contributed by atoms with E-state index in [1.54, 1.807) is 7.11 Å². The van der Waals surface area contributed by atoms with Crippen molar-refractivity contribution in [2.75, 3.05) is 26.8 Å². The summed E-state index contributed by atoms with van der Waals surface area (Å²) in [4.78, 5) is 0. The average molecular weight is 348 g/mol. The number of hydrogen-bond donors (Lipinski definition) is 2. The molecule has 3 nitrogen and oxygen atoms in total. The monoisotopic (exact) mass is 348 g/mol. The minimum Gasteiger partial charge on any atom is -0.383 e. The van der Waals surface area contributed by atoms with Gasteiger partial charge in [0.15, 0.2) is 0 Å². The number of benzene rings is 1. The molecule has 1 unspecified atom stereocenters. The average Bonchev–Trinajstić information content (AvgIpc) is 2.34. The molecule has 0 heterocycles. The van der Waals surface area contributed by atoms with Crippen molar-refractivity contribution in [3.63, 3.8) is 0 Å². The Kier molecular flexibility index (Phi) is 7.75. The van der Waals surface area contributed by atoms with Crippen molar-refractivity contribution >= 4 is 22.6 Å².